The molecule has 2 N–H and O–H groups in total. The van der Waals surface area contributed by atoms with Gasteiger partial charge in [0.1, 0.15) is 0 Å². The molecular weight excluding hydrogens is 198 g/mol. The van der Waals surface area contributed by atoms with E-state index in [1.165, 1.54) is 0 Å². The fraction of sp³-hybridized carbons (Fsp3) is 1.00. The molecule has 0 radical (unpaired) electrons. The molecule has 1 aliphatic rings. The second-order valence-corrected chi connectivity index (χ2v) is 7.24. The molecule has 1 fully saturated rings. The molecule has 0 amide bonds. The van der Waals surface area contributed by atoms with E-state index in [1.807, 2.05) is 0 Å². The first kappa shape index (κ1) is 12.0. The summed E-state index contributed by atoms with van der Waals surface area (Å²) in [7, 11) is -2.86. The highest BCUT2D eigenvalue weighted by Crippen LogP contribution is 2.27. The minimum Gasteiger partial charge on any atom is -0.327 e. The predicted molar refractivity (Wildman–Crippen MR) is 58.9 cm³/mol. The van der Waals surface area contributed by atoms with Gasteiger partial charge in [0.15, 0.2) is 9.84 Å². The largest absolute Gasteiger partial charge is 0.327 e. The molecule has 0 aromatic carbocycles. The summed E-state index contributed by atoms with van der Waals surface area (Å²) in [5, 5.41) is -0.250. The number of hydrogen-bond donors (Lipinski definition) is 1. The summed E-state index contributed by atoms with van der Waals surface area (Å²) in [5.41, 5.74) is 5.89. The van der Waals surface area contributed by atoms with Crippen LogP contribution in [-0.4, -0.2) is 25.5 Å². The molecule has 0 spiro atoms. The van der Waals surface area contributed by atoms with Crippen LogP contribution in [-0.2, 0) is 9.84 Å². The Kier molecular flexibility index (Phi) is 3.95. The van der Waals surface area contributed by atoms with Crippen LogP contribution in [0, 0.1) is 5.92 Å². The van der Waals surface area contributed by atoms with Gasteiger partial charge >= 0.3 is 0 Å². The summed E-state index contributed by atoms with van der Waals surface area (Å²) in [5.74, 6) is 0.742. The van der Waals surface area contributed by atoms with E-state index in [1.54, 1.807) is 13.8 Å². The van der Waals surface area contributed by atoms with E-state index in [9.17, 15) is 8.42 Å². The van der Waals surface area contributed by atoms with Crippen molar-refractivity contribution in [2.75, 3.05) is 5.75 Å². The maximum Gasteiger partial charge on any atom is 0.152 e. The van der Waals surface area contributed by atoms with Gasteiger partial charge in [0.2, 0.25) is 0 Å². The van der Waals surface area contributed by atoms with E-state index in [-0.39, 0.29) is 11.3 Å². The lowest BCUT2D eigenvalue weighted by Gasteiger charge is -2.15. The summed E-state index contributed by atoms with van der Waals surface area (Å²) in [6.45, 7) is 3.48. The lowest BCUT2D eigenvalue weighted by molar-refractivity contribution is 0.463. The van der Waals surface area contributed by atoms with Crippen LogP contribution in [0.1, 0.15) is 39.5 Å². The molecule has 1 aliphatic carbocycles. The molecular formula is C10H21NO2S. The Bertz CT molecular complexity index is 272. The summed E-state index contributed by atoms with van der Waals surface area (Å²) in [4.78, 5) is 0. The number of sulfone groups is 1. The van der Waals surface area contributed by atoms with Crippen molar-refractivity contribution >= 4 is 9.84 Å². The maximum absolute atomic E-state index is 11.6. The molecule has 2 atom stereocenters. The van der Waals surface area contributed by atoms with Crippen LogP contribution in [0.25, 0.3) is 0 Å². The Hall–Kier alpha value is -0.0900. The van der Waals surface area contributed by atoms with Crippen molar-refractivity contribution in [2.45, 2.75) is 50.8 Å². The molecule has 4 heteroatoms. The molecule has 0 heterocycles. The normalized spacial score (nSPS) is 28.6. The van der Waals surface area contributed by atoms with Gasteiger partial charge < -0.3 is 5.73 Å². The molecule has 84 valence electrons. The Morgan fingerprint density at radius 2 is 2.00 bits per heavy atom. The molecule has 0 saturated heterocycles. The quantitative estimate of drug-likeness (QED) is 0.776. The number of rotatable bonds is 4. The fourth-order valence-electron chi connectivity index (χ4n) is 1.98. The topological polar surface area (TPSA) is 60.2 Å². The summed E-state index contributed by atoms with van der Waals surface area (Å²) < 4.78 is 23.1. The van der Waals surface area contributed by atoms with Crippen LogP contribution in [0.4, 0.5) is 0 Å². The minimum atomic E-state index is -2.86. The van der Waals surface area contributed by atoms with E-state index < -0.39 is 9.84 Å². The molecule has 0 aliphatic heterocycles. The Balaban J connectivity index is 2.40. The van der Waals surface area contributed by atoms with Crippen LogP contribution in [0.15, 0.2) is 0 Å². The van der Waals surface area contributed by atoms with E-state index in [4.69, 9.17) is 5.73 Å². The molecule has 14 heavy (non-hydrogen) atoms. The van der Waals surface area contributed by atoms with E-state index in [0.717, 1.165) is 25.7 Å². The van der Waals surface area contributed by atoms with E-state index >= 15 is 0 Å². The van der Waals surface area contributed by atoms with Gasteiger partial charge in [-0.1, -0.05) is 6.42 Å². The minimum absolute atomic E-state index is 0.234. The first-order valence-corrected chi connectivity index (χ1v) is 7.12. The van der Waals surface area contributed by atoms with Gasteiger partial charge in [0, 0.05) is 6.04 Å². The van der Waals surface area contributed by atoms with Gasteiger partial charge in [-0.25, -0.2) is 8.42 Å². The smallest absolute Gasteiger partial charge is 0.152 e. The summed E-state index contributed by atoms with van der Waals surface area (Å²) in [6, 6.07) is 0.234. The zero-order valence-corrected chi connectivity index (χ0v) is 9.89. The first-order valence-electron chi connectivity index (χ1n) is 5.40. The lowest BCUT2D eigenvalue weighted by atomic mass is 10.0. The molecule has 2 unspecified atom stereocenters. The monoisotopic (exact) mass is 219 g/mol. The van der Waals surface area contributed by atoms with Crippen molar-refractivity contribution in [1.82, 2.24) is 0 Å². The zero-order valence-electron chi connectivity index (χ0n) is 9.07. The summed E-state index contributed by atoms with van der Waals surface area (Å²) >= 11 is 0. The average Bonchev–Trinajstić information content (AvgIpc) is 2.47. The Labute approximate surface area is 87.0 Å². The van der Waals surface area contributed by atoms with Crippen LogP contribution >= 0.6 is 0 Å². The zero-order chi connectivity index (χ0) is 10.8. The third-order valence-corrected chi connectivity index (χ3v) is 5.45. The Morgan fingerprint density at radius 1 is 1.36 bits per heavy atom. The fourth-order valence-corrected chi connectivity index (χ4v) is 3.08. The second-order valence-electron chi connectivity index (χ2n) is 4.56. The highest BCUT2D eigenvalue weighted by molar-refractivity contribution is 7.91. The van der Waals surface area contributed by atoms with Crippen molar-refractivity contribution in [1.29, 1.82) is 0 Å². The molecule has 0 aromatic rings. The second kappa shape index (κ2) is 4.62. The molecule has 1 saturated carbocycles. The standard InChI is InChI=1S/C10H21NO2S/c1-8(2)14(12,13)7-6-9-4-3-5-10(9)11/h8-10H,3-7,11H2,1-2H3. The van der Waals surface area contributed by atoms with Gasteiger partial charge in [-0.3, -0.25) is 0 Å². The van der Waals surface area contributed by atoms with Crippen LogP contribution in [0.2, 0.25) is 0 Å². The maximum atomic E-state index is 11.6. The highest BCUT2D eigenvalue weighted by atomic mass is 32.2. The van der Waals surface area contributed by atoms with Crippen LogP contribution < -0.4 is 5.73 Å². The van der Waals surface area contributed by atoms with Gasteiger partial charge in [0.05, 0.1) is 11.0 Å². The van der Waals surface area contributed by atoms with Gasteiger partial charge in [-0.2, -0.15) is 0 Å². The predicted octanol–water partition coefficient (Wildman–Crippen LogP) is 1.33. The van der Waals surface area contributed by atoms with Gasteiger partial charge in [-0.05, 0) is 39.0 Å². The molecule has 1 rings (SSSR count). The molecule has 3 nitrogen and oxygen atoms in total. The third-order valence-electron chi connectivity index (χ3n) is 3.21. The van der Waals surface area contributed by atoms with Crippen molar-refractivity contribution in [3.8, 4) is 0 Å². The van der Waals surface area contributed by atoms with Crippen molar-refractivity contribution in [3.05, 3.63) is 0 Å². The van der Waals surface area contributed by atoms with E-state index in [0.29, 0.717) is 11.7 Å². The Morgan fingerprint density at radius 3 is 2.43 bits per heavy atom. The third kappa shape index (κ3) is 2.95. The highest BCUT2D eigenvalue weighted by Gasteiger charge is 2.26. The first-order chi connectivity index (χ1) is 6.43. The molecule has 0 bridgehead atoms. The number of hydrogen-bond acceptors (Lipinski definition) is 3. The number of nitrogens with two attached hydrogens (primary N) is 1. The van der Waals surface area contributed by atoms with Crippen LogP contribution in [0.3, 0.4) is 0 Å². The summed E-state index contributed by atoms with van der Waals surface area (Å²) in [6.07, 6.45) is 4.08. The van der Waals surface area contributed by atoms with Crippen molar-refractivity contribution in [2.24, 2.45) is 11.7 Å². The van der Waals surface area contributed by atoms with E-state index in [2.05, 4.69) is 0 Å². The van der Waals surface area contributed by atoms with Gasteiger partial charge in [-0.15, -0.1) is 0 Å². The average molecular weight is 219 g/mol. The lowest BCUT2D eigenvalue weighted by Crippen LogP contribution is -2.27. The van der Waals surface area contributed by atoms with Crippen LogP contribution in [0.5, 0.6) is 0 Å². The SMILES string of the molecule is CC(C)S(=O)(=O)CCC1CCCC1N. The van der Waals surface area contributed by atoms with Crippen molar-refractivity contribution in [3.63, 3.8) is 0 Å². The van der Waals surface area contributed by atoms with Crippen molar-refractivity contribution < 1.29 is 8.42 Å². The van der Waals surface area contributed by atoms with Gasteiger partial charge in [0.25, 0.3) is 0 Å². The molecule has 0 aromatic heterocycles.